The fraction of sp³-hybridized carbons (Fsp3) is 0.688. The van der Waals surface area contributed by atoms with Crippen LogP contribution < -0.4 is 10.5 Å². The number of aromatic nitrogens is 4. The van der Waals surface area contributed by atoms with E-state index in [0.29, 0.717) is 23.5 Å². The van der Waals surface area contributed by atoms with E-state index in [1.165, 1.54) is 0 Å². The highest BCUT2D eigenvalue weighted by Gasteiger charge is 2.23. The normalized spacial score (nSPS) is 18.3. The van der Waals surface area contributed by atoms with Crippen LogP contribution in [0.3, 0.4) is 0 Å². The number of hydrogen-bond donors (Lipinski definition) is 2. The van der Waals surface area contributed by atoms with Crippen molar-refractivity contribution >= 4 is 17.0 Å². The van der Waals surface area contributed by atoms with Crippen molar-refractivity contribution in [2.75, 3.05) is 37.6 Å². The van der Waals surface area contributed by atoms with Gasteiger partial charge >= 0.3 is 0 Å². The Labute approximate surface area is 141 Å². The first-order chi connectivity index (χ1) is 11.3. The molecule has 2 N–H and O–H groups in total. The number of nitrogens with one attached hydrogen (secondary N) is 1. The van der Waals surface area contributed by atoms with Gasteiger partial charge in [0.2, 0.25) is 5.95 Å². The summed E-state index contributed by atoms with van der Waals surface area (Å²) in [6, 6.07) is 0. The third-order valence-electron chi connectivity index (χ3n) is 4.26. The lowest BCUT2D eigenvalue weighted by molar-refractivity contribution is 0.122. The van der Waals surface area contributed by atoms with Gasteiger partial charge in [0.05, 0.1) is 17.8 Å². The van der Waals surface area contributed by atoms with Crippen molar-refractivity contribution in [1.82, 2.24) is 24.6 Å². The van der Waals surface area contributed by atoms with E-state index in [-0.39, 0.29) is 17.2 Å². The molecule has 1 fully saturated rings. The summed E-state index contributed by atoms with van der Waals surface area (Å²) in [6.07, 6.45) is 1.25. The second kappa shape index (κ2) is 6.18. The summed E-state index contributed by atoms with van der Waals surface area (Å²) in [6.45, 7) is 11.8. The fourth-order valence-corrected chi connectivity index (χ4v) is 3.06. The number of aliphatic hydroxyl groups excluding tert-OH is 1. The van der Waals surface area contributed by atoms with Crippen molar-refractivity contribution in [3.8, 4) is 0 Å². The standard InChI is InChI=1S/C16H26N6O2/c1-11(23)10-20-5-7-21(8-6-20)15-18-13-12(14(24)19-15)9-17-22(13)16(2,3)4/h9,11,23H,5-8,10H2,1-4H3,(H,18,19,24)/t11-/m1/s1. The molecule has 8 nitrogen and oxygen atoms in total. The smallest absolute Gasteiger partial charge is 0.263 e. The molecule has 1 aliphatic rings. The number of nitrogens with zero attached hydrogens (tertiary/aromatic N) is 5. The molecule has 0 spiro atoms. The number of anilines is 1. The van der Waals surface area contributed by atoms with Gasteiger partial charge in [-0.25, -0.2) is 4.68 Å². The Morgan fingerprint density at radius 1 is 1.29 bits per heavy atom. The van der Waals surface area contributed by atoms with E-state index in [1.54, 1.807) is 17.8 Å². The van der Waals surface area contributed by atoms with Gasteiger partial charge in [-0.15, -0.1) is 0 Å². The van der Waals surface area contributed by atoms with Gasteiger partial charge in [0.25, 0.3) is 5.56 Å². The number of hydrogen-bond acceptors (Lipinski definition) is 6. The van der Waals surface area contributed by atoms with Gasteiger partial charge in [0.1, 0.15) is 5.39 Å². The van der Waals surface area contributed by atoms with Crippen LogP contribution in [-0.2, 0) is 5.54 Å². The van der Waals surface area contributed by atoms with Crippen molar-refractivity contribution in [3.63, 3.8) is 0 Å². The van der Waals surface area contributed by atoms with Crippen molar-refractivity contribution in [2.24, 2.45) is 0 Å². The molecule has 132 valence electrons. The zero-order chi connectivity index (χ0) is 17.5. The maximum atomic E-state index is 12.4. The SMILES string of the molecule is C[C@@H](O)CN1CCN(c2nc3c(cnn3C(C)(C)C)c(=O)[nH]2)CC1. The van der Waals surface area contributed by atoms with Gasteiger partial charge in [-0.05, 0) is 27.7 Å². The van der Waals surface area contributed by atoms with Gasteiger partial charge in [-0.2, -0.15) is 10.1 Å². The monoisotopic (exact) mass is 334 g/mol. The molecule has 3 heterocycles. The molecule has 1 saturated heterocycles. The minimum Gasteiger partial charge on any atom is -0.392 e. The van der Waals surface area contributed by atoms with Crippen LogP contribution >= 0.6 is 0 Å². The predicted molar refractivity (Wildman–Crippen MR) is 93.5 cm³/mol. The van der Waals surface area contributed by atoms with Gasteiger partial charge in [-0.3, -0.25) is 14.7 Å². The first-order valence-corrected chi connectivity index (χ1v) is 8.39. The van der Waals surface area contributed by atoms with Crippen molar-refractivity contribution in [3.05, 3.63) is 16.6 Å². The molecule has 0 saturated carbocycles. The Balaban J connectivity index is 1.87. The molecule has 3 rings (SSSR count). The number of fused-ring (bicyclic) bond motifs is 1. The Morgan fingerprint density at radius 3 is 2.54 bits per heavy atom. The Bertz CT molecular complexity index is 765. The third kappa shape index (κ3) is 3.29. The lowest BCUT2D eigenvalue weighted by Crippen LogP contribution is -2.49. The van der Waals surface area contributed by atoms with Crippen LogP contribution in [0.2, 0.25) is 0 Å². The minimum absolute atomic E-state index is 0.156. The fourth-order valence-electron chi connectivity index (χ4n) is 3.06. The van der Waals surface area contributed by atoms with Crippen molar-refractivity contribution in [2.45, 2.75) is 39.3 Å². The molecule has 0 radical (unpaired) electrons. The molecule has 8 heteroatoms. The lowest BCUT2D eigenvalue weighted by atomic mass is 10.1. The summed E-state index contributed by atoms with van der Waals surface area (Å²) in [4.78, 5) is 24.2. The van der Waals surface area contributed by atoms with Gasteiger partial charge < -0.3 is 10.0 Å². The number of β-amino-alcohol motifs (C(OH)–C–C–N with tert-alkyl or cyclic N) is 1. The summed E-state index contributed by atoms with van der Waals surface area (Å²) in [5, 5.41) is 14.4. The van der Waals surface area contributed by atoms with Crippen LogP contribution in [-0.4, -0.2) is 68.6 Å². The topological polar surface area (TPSA) is 90.3 Å². The van der Waals surface area contributed by atoms with E-state index < -0.39 is 0 Å². The first-order valence-electron chi connectivity index (χ1n) is 8.39. The largest absolute Gasteiger partial charge is 0.392 e. The molecule has 0 unspecified atom stereocenters. The van der Waals surface area contributed by atoms with Crippen LogP contribution in [0, 0.1) is 0 Å². The van der Waals surface area contributed by atoms with E-state index >= 15 is 0 Å². The third-order valence-corrected chi connectivity index (χ3v) is 4.26. The Kier molecular flexibility index (Phi) is 4.35. The number of rotatable bonds is 3. The van der Waals surface area contributed by atoms with Crippen molar-refractivity contribution in [1.29, 1.82) is 0 Å². The average Bonchev–Trinajstić information content (AvgIpc) is 2.92. The molecular weight excluding hydrogens is 308 g/mol. The highest BCUT2D eigenvalue weighted by molar-refractivity contribution is 5.74. The molecule has 0 bridgehead atoms. The van der Waals surface area contributed by atoms with E-state index in [2.05, 4.69) is 24.9 Å². The van der Waals surface area contributed by atoms with E-state index in [0.717, 1.165) is 26.2 Å². The summed E-state index contributed by atoms with van der Waals surface area (Å²) in [5.41, 5.74) is 0.222. The zero-order valence-corrected chi connectivity index (χ0v) is 14.8. The molecule has 0 aromatic carbocycles. The van der Waals surface area contributed by atoms with E-state index in [9.17, 15) is 9.90 Å². The number of H-pyrrole nitrogens is 1. The first kappa shape index (κ1) is 16.9. The highest BCUT2D eigenvalue weighted by Crippen LogP contribution is 2.20. The molecule has 2 aromatic rings. The molecule has 1 aliphatic heterocycles. The van der Waals surface area contributed by atoms with Crippen LogP contribution in [0.1, 0.15) is 27.7 Å². The van der Waals surface area contributed by atoms with Crippen LogP contribution in [0.4, 0.5) is 5.95 Å². The summed E-state index contributed by atoms with van der Waals surface area (Å²) in [5.74, 6) is 0.593. The summed E-state index contributed by atoms with van der Waals surface area (Å²) >= 11 is 0. The second-order valence-electron chi connectivity index (χ2n) is 7.49. The lowest BCUT2D eigenvalue weighted by Gasteiger charge is -2.35. The van der Waals surface area contributed by atoms with Gasteiger partial charge in [-0.1, -0.05) is 0 Å². The van der Waals surface area contributed by atoms with Crippen molar-refractivity contribution < 1.29 is 5.11 Å². The molecule has 2 aromatic heterocycles. The van der Waals surface area contributed by atoms with E-state index in [1.807, 2.05) is 20.8 Å². The molecule has 0 aliphatic carbocycles. The molecule has 1 atom stereocenters. The van der Waals surface area contributed by atoms with Gasteiger partial charge in [0, 0.05) is 32.7 Å². The van der Waals surface area contributed by atoms with Gasteiger partial charge in [0.15, 0.2) is 5.65 Å². The second-order valence-corrected chi connectivity index (χ2v) is 7.49. The van der Waals surface area contributed by atoms with Crippen LogP contribution in [0.15, 0.2) is 11.0 Å². The highest BCUT2D eigenvalue weighted by atomic mass is 16.3. The Morgan fingerprint density at radius 2 is 1.96 bits per heavy atom. The molecule has 24 heavy (non-hydrogen) atoms. The number of piperazine rings is 1. The molecular formula is C16H26N6O2. The quantitative estimate of drug-likeness (QED) is 0.843. The van der Waals surface area contributed by atoms with Crippen LogP contribution in [0.25, 0.3) is 11.0 Å². The minimum atomic E-state index is -0.327. The summed E-state index contributed by atoms with van der Waals surface area (Å²) in [7, 11) is 0. The maximum Gasteiger partial charge on any atom is 0.263 e. The Hall–Kier alpha value is -1.93. The maximum absolute atomic E-state index is 12.4. The number of aliphatic hydroxyl groups is 1. The number of aromatic amines is 1. The average molecular weight is 334 g/mol. The zero-order valence-electron chi connectivity index (χ0n) is 14.8. The van der Waals surface area contributed by atoms with Crippen LogP contribution in [0.5, 0.6) is 0 Å². The van der Waals surface area contributed by atoms with E-state index in [4.69, 9.17) is 0 Å². The predicted octanol–water partition coefficient (Wildman–Crippen LogP) is 0.377. The summed E-state index contributed by atoms with van der Waals surface area (Å²) < 4.78 is 1.80. The molecule has 0 amide bonds.